The Bertz CT molecular complexity index is 76.4. The molecule has 0 heterocycles. The number of allylic oxidation sites excluding steroid dienone is 1. The summed E-state index contributed by atoms with van der Waals surface area (Å²) in [5, 5.41) is 0. The Labute approximate surface area is 37.8 Å². The van der Waals surface area contributed by atoms with Gasteiger partial charge in [-0.05, 0) is 6.08 Å². The van der Waals surface area contributed by atoms with Gasteiger partial charge in [0, 0.05) is 6.54 Å². The second-order valence-electron chi connectivity index (χ2n) is 0.805. The normalized spacial score (nSPS) is 8.67. The molecule has 0 aliphatic heterocycles. The van der Waals surface area contributed by atoms with Crippen molar-refractivity contribution >= 4 is 0 Å². The molecule has 0 aliphatic carbocycles. The van der Waals surface area contributed by atoms with E-state index in [9.17, 15) is 0 Å². The van der Waals surface area contributed by atoms with Gasteiger partial charge in [-0.1, -0.05) is 12.0 Å². The van der Waals surface area contributed by atoms with Crippen molar-refractivity contribution < 1.29 is 0 Å². The molecule has 0 saturated carbocycles. The molecule has 32 valence electrons. The predicted molar refractivity (Wildman–Crippen MR) is 27.0 cm³/mol. The summed E-state index contributed by atoms with van der Waals surface area (Å²) < 4.78 is 0. The minimum Gasteiger partial charge on any atom is -0.327 e. The second-order valence-corrected chi connectivity index (χ2v) is 0.805. The number of rotatable bonds is 1. The molecular formula is C5H7N. The molecule has 0 rings (SSSR count). The van der Waals surface area contributed by atoms with Crippen molar-refractivity contribution in [1.29, 1.82) is 0 Å². The van der Waals surface area contributed by atoms with E-state index in [-0.39, 0.29) is 0 Å². The Morgan fingerprint density at radius 1 is 1.83 bits per heavy atom. The van der Waals surface area contributed by atoms with Crippen molar-refractivity contribution in [3.8, 4) is 12.3 Å². The van der Waals surface area contributed by atoms with Crippen LogP contribution in [-0.4, -0.2) is 6.54 Å². The van der Waals surface area contributed by atoms with Crippen molar-refractivity contribution in [2.24, 2.45) is 5.73 Å². The summed E-state index contributed by atoms with van der Waals surface area (Å²) >= 11 is 0. The van der Waals surface area contributed by atoms with E-state index in [4.69, 9.17) is 12.2 Å². The summed E-state index contributed by atoms with van der Waals surface area (Å²) in [6.45, 7) is 0.532. The van der Waals surface area contributed by atoms with Gasteiger partial charge in [0.1, 0.15) is 0 Å². The smallest absolute Gasteiger partial charge is 0.0116 e. The maximum Gasteiger partial charge on any atom is 0.0116 e. The number of hydrogen-bond donors (Lipinski definition) is 1. The topological polar surface area (TPSA) is 26.0 Å². The lowest BCUT2D eigenvalue weighted by molar-refractivity contribution is 1.26. The van der Waals surface area contributed by atoms with Crippen LogP contribution in [-0.2, 0) is 0 Å². The lowest BCUT2D eigenvalue weighted by atomic mass is 10.5. The van der Waals surface area contributed by atoms with Crippen LogP contribution in [0.25, 0.3) is 0 Å². The van der Waals surface area contributed by atoms with Crippen molar-refractivity contribution in [3.05, 3.63) is 12.2 Å². The lowest BCUT2D eigenvalue weighted by Gasteiger charge is -1.67. The fraction of sp³-hybridized carbons (Fsp3) is 0.200. The summed E-state index contributed by atoms with van der Waals surface area (Å²) in [5.41, 5.74) is 5.03. The molecule has 0 spiro atoms. The molecule has 6 heavy (non-hydrogen) atoms. The van der Waals surface area contributed by atoms with Crippen LogP contribution in [0.1, 0.15) is 0 Å². The van der Waals surface area contributed by atoms with Crippen LogP contribution in [0.15, 0.2) is 12.2 Å². The average molecular weight is 81.1 g/mol. The van der Waals surface area contributed by atoms with Gasteiger partial charge >= 0.3 is 0 Å². The quantitative estimate of drug-likeness (QED) is 0.446. The van der Waals surface area contributed by atoms with Gasteiger partial charge in [-0.15, -0.1) is 6.42 Å². The molecule has 1 nitrogen and oxygen atoms in total. The van der Waals surface area contributed by atoms with Crippen LogP contribution in [0, 0.1) is 12.3 Å². The first-order valence-corrected chi connectivity index (χ1v) is 1.73. The van der Waals surface area contributed by atoms with Crippen molar-refractivity contribution in [3.63, 3.8) is 0 Å². The molecule has 0 atom stereocenters. The SMILES string of the molecule is C#C/C=C/CN. The Morgan fingerprint density at radius 2 is 2.50 bits per heavy atom. The van der Waals surface area contributed by atoms with Gasteiger partial charge < -0.3 is 5.73 Å². The molecule has 0 aliphatic rings. The molecular weight excluding hydrogens is 74.1 g/mol. The maximum atomic E-state index is 5.03. The van der Waals surface area contributed by atoms with Gasteiger partial charge in [-0.25, -0.2) is 0 Å². The summed E-state index contributed by atoms with van der Waals surface area (Å²) in [7, 11) is 0. The van der Waals surface area contributed by atoms with Crippen LogP contribution in [0.2, 0.25) is 0 Å². The fourth-order valence-electron chi connectivity index (χ4n) is 0.136. The first-order chi connectivity index (χ1) is 2.91. The summed E-state index contributed by atoms with van der Waals surface area (Å²) in [5.74, 6) is 2.31. The first kappa shape index (κ1) is 5.26. The predicted octanol–water partition coefficient (Wildman–Crippen LogP) is 0.135. The van der Waals surface area contributed by atoms with Crippen LogP contribution in [0.5, 0.6) is 0 Å². The number of terminal acetylenes is 1. The van der Waals surface area contributed by atoms with E-state index >= 15 is 0 Å². The van der Waals surface area contributed by atoms with E-state index in [2.05, 4.69) is 5.92 Å². The third-order valence-electron chi connectivity index (χ3n) is 0.350. The van der Waals surface area contributed by atoms with Gasteiger partial charge in [0.05, 0.1) is 0 Å². The van der Waals surface area contributed by atoms with Crippen molar-refractivity contribution in [2.45, 2.75) is 0 Å². The van der Waals surface area contributed by atoms with E-state index in [1.54, 1.807) is 12.2 Å². The number of nitrogens with two attached hydrogens (primary N) is 1. The average Bonchev–Trinajstić information content (AvgIpc) is 1.61. The van der Waals surface area contributed by atoms with Crippen LogP contribution >= 0.6 is 0 Å². The fourth-order valence-corrected chi connectivity index (χ4v) is 0.136. The minimum atomic E-state index is 0.532. The molecule has 0 saturated heterocycles. The zero-order valence-electron chi connectivity index (χ0n) is 3.52. The molecule has 0 unspecified atom stereocenters. The van der Waals surface area contributed by atoms with E-state index in [1.165, 1.54) is 0 Å². The number of hydrogen-bond acceptors (Lipinski definition) is 1. The third kappa shape index (κ3) is 3.26. The van der Waals surface area contributed by atoms with E-state index in [0.29, 0.717) is 6.54 Å². The van der Waals surface area contributed by atoms with Gasteiger partial charge in [-0.2, -0.15) is 0 Å². The van der Waals surface area contributed by atoms with Crippen molar-refractivity contribution in [1.82, 2.24) is 0 Å². The zero-order chi connectivity index (χ0) is 4.83. The van der Waals surface area contributed by atoms with E-state index in [1.807, 2.05) is 0 Å². The molecule has 0 aromatic carbocycles. The molecule has 2 N–H and O–H groups in total. The Hall–Kier alpha value is -0.740. The second kappa shape index (κ2) is 4.26. The molecule has 1 heteroatoms. The van der Waals surface area contributed by atoms with Crippen molar-refractivity contribution in [2.75, 3.05) is 6.54 Å². The first-order valence-electron chi connectivity index (χ1n) is 1.73. The maximum absolute atomic E-state index is 5.03. The highest BCUT2D eigenvalue weighted by Crippen LogP contribution is 1.59. The minimum absolute atomic E-state index is 0.532. The summed E-state index contributed by atoms with van der Waals surface area (Å²) in [4.78, 5) is 0. The summed E-state index contributed by atoms with van der Waals surface area (Å²) in [6, 6.07) is 0. The lowest BCUT2D eigenvalue weighted by Crippen LogP contribution is -1.91. The van der Waals surface area contributed by atoms with Crippen LogP contribution in [0.4, 0.5) is 0 Å². The largest absolute Gasteiger partial charge is 0.327 e. The molecule has 0 aromatic rings. The molecule has 0 fully saturated rings. The third-order valence-corrected chi connectivity index (χ3v) is 0.350. The van der Waals surface area contributed by atoms with E-state index in [0.717, 1.165) is 0 Å². The Morgan fingerprint density at radius 3 is 2.67 bits per heavy atom. The highest BCUT2D eigenvalue weighted by atomic mass is 14.5. The van der Waals surface area contributed by atoms with Gasteiger partial charge in [0.15, 0.2) is 0 Å². The highest BCUT2D eigenvalue weighted by molar-refractivity contribution is 5.08. The van der Waals surface area contributed by atoms with Crippen LogP contribution in [0.3, 0.4) is 0 Å². The van der Waals surface area contributed by atoms with Gasteiger partial charge in [-0.3, -0.25) is 0 Å². The van der Waals surface area contributed by atoms with Gasteiger partial charge in [0.25, 0.3) is 0 Å². The summed E-state index contributed by atoms with van der Waals surface area (Å²) in [6.07, 6.45) is 8.13. The van der Waals surface area contributed by atoms with Gasteiger partial charge in [0.2, 0.25) is 0 Å². The molecule has 0 amide bonds. The van der Waals surface area contributed by atoms with Crippen LogP contribution < -0.4 is 5.73 Å². The Kier molecular flexibility index (Phi) is 3.73. The van der Waals surface area contributed by atoms with E-state index < -0.39 is 0 Å². The highest BCUT2D eigenvalue weighted by Gasteiger charge is 1.54. The molecule has 0 aromatic heterocycles. The zero-order valence-corrected chi connectivity index (χ0v) is 3.52. The monoisotopic (exact) mass is 81.1 g/mol. The standard InChI is InChI=1S/C5H7N/c1-2-3-4-5-6/h1,3-4H,5-6H2/b4-3+. The Balaban J connectivity index is 3.02. The molecule has 0 radical (unpaired) electrons. The molecule has 0 bridgehead atoms.